The lowest BCUT2D eigenvalue weighted by Crippen LogP contribution is -2.26. The van der Waals surface area contributed by atoms with E-state index in [1.807, 2.05) is 18.2 Å². The number of aromatic amines is 1. The summed E-state index contributed by atoms with van der Waals surface area (Å²) in [7, 11) is 1.80. The average Bonchev–Trinajstić information content (AvgIpc) is 2.70. The van der Waals surface area contributed by atoms with Crippen molar-refractivity contribution in [1.29, 1.82) is 5.41 Å². The van der Waals surface area contributed by atoms with Gasteiger partial charge in [-0.05, 0) is 67.8 Å². The van der Waals surface area contributed by atoms with Crippen LogP contribution in [-0.2, 0) is 0 Å². The maximum absolute atomic E-state index is 12.6. The smallest absolute Gasteiger partial charge is 0.259 e. The third-order valence-electron chi connectivity index (χ3n) is 5.17. The van der Waals surface area contributed by atoms with E-state index >= 15 is 0 Å². The molecule has 4 rings (SSSR count). The summed E-state index contributed by atoms with van der Waals surface area (Å²) in [5.74, 6) is 1.04. The van der Waals surface area contributed by atoms with Gasteiger partial charge in [0.2, 0.25) is 0 Å². The van der Waals surface area contributed by atoms with Gasteiger partial charge in [-0.3, -0.25) is 4.79 Å². The third kappa shape index (κ3) is 3.48. The van der Waals surface area contributed by atoms with E-state index < -0.39 is 0 Å². The van der Waals surface area contributed by atoms with Gasteiger partial charge in [0.05, 0.1) is 16.6 Å². The molecule has 0 unspecified atom stereocenters. The van der Waals surface area contributed by atoms with Gasteiger partial charge in [-0.15, -0.1) is 0 Å². The second-order valence-corrected chi connectivity index (χ2v) is 6.95. The standard InChI is InChI=1S/C21H23N5O/c1-23-12-16-10-15(3-5-18(16)22)20-25-19-11-14(13-6-8-24-9-7-13)2-4-17(19)21(27)26-20/h2-5,10-13,22-24H,6-9H2,1H3,(H,25,26,27)/b16-12-,22-18?. The van der Waals surface area contributed by atoms with Crippen molar-refractivity contribution in [3.05, 3.63) is 69.9 Å². The molecule has 1 fully saturated rings. The van der Waals surface area contributed by atoms with Crippen LogP contribution < -0.4 is 16.2 Å². The topological polar surface area (TPSA) is 93.7 Å². The summed E-state index contributed by atoms with van der Waals surface area (Å²) in [6.07, 6.45) is 9.37. The first-order valence-electron chi connectivity index (χ1n) is 9.27. The van der Waals surface area contributed by atoms with Crippen molar-refractivity contribution in [3.8, 4) is 0 Å². The zero-order chi connectivity index (χ0) is 18.8. The van der Waals surface area contributed by atoms with Gasteiger partial charge in [-0.1, -0.05) is 6.07 Å². The summed E-state index contributed by atoms with van der Waals surface area (Å²) in [6.45, 7) is 2.06. The van der Waals surface area contributed by atoms with E-state index in [1.54, 1.807) is 19.3 Å². The van der Waals surface area contributed by atoms with Crippen molar-refractivity contribution in [2.24, 2.45) is 0 Å². The molecule has 27 heavy (non-hydrogen) atoms. The Labute approximate surface area is 157 Å². The minimum Gasteiger partial charge on any atom is -0.393 e. The quantitative estimate of drug-likeness (QED) is 0.676. The molecule has 2 aromatic rings. The van der Waals surface area contributed by atoms with E-state index in [2.05, 4.69) is 27.8 Å². The number of aromatic nitrogens is 2. The molecule has 0 atom stereocenters. The van der Waals surface area contributed by atoms with Crippen LogP contribution in [0.25, 0.3) is 16.5 Å². The number of nitrogens with one attached hydrogen (secondary N) is 4. The van der Waals surface area contributed by atoms with Crippen LogP contribution in [0.15, 0.2) is 53.0 Å². The van der Waals surface area contributed by atoms with Gasteiger partial charge in [0.1, 0.15) is 5.82 Å². The molecule has 1 aliphatic carbocycles. The second-order valence-electron chi connectivity index (χ2n) is 6.95. The van der Waals surface area contributed by atoms with Crippen LogP contribution in [0.3, 0.4) is 0 Å². The van der Waals surface area contributed by atoms with Gasteiger partial charge in [0.25, 0.3) is 5.56 Å². The molecular weight excluding hydrogens is 338 g/mol. The maximum atomic E-state index is 12.6. The van der Waals surface area contributed by atoms with E-state index in [1.165, 1.54) is 5.56 Å². The van der Waals surface area contributed by atoms with E-state index in [0.717, 1.165) is 42.6 Å². The fraction of sp³-hybridized carbons (Fsp3) is 0.286. The highest BCUT2D eigenvalue weighted by Crippen LogP contribution is 2.27. The summed E-state index contributed by atoms with van der Waals surface area (Å²) in [4.78, 5) is 20.2. The number of hydrogen-bond donors (Lipinski definition) is 4. The molecule has 6 nitrogen and oxygen atoms in total. The number of piperidine rings is 1. The molecule has 6 heteroatoms. The number of H-pyrrole nitrogens is 1. The van der Waals surface area contributed by atoms with Crippen molar-refractivity contribution in [2.45, 2.75) is 18.8 Å². The Morgan fingerprint density at radius 3 is 2.85 bits per heavy atom. The van der Waals surface area contributed by atoms with Crippen molar-refractivity contribution in [2.75, 3.05) is 20.1 Å². The predicted octanol–water partition coefficient (Wildman–Crippen LogP) is 2.47. The Morgan fingerprint density at radius 1 is 1.26 bits per heavy atom. The zero-order valence-corrected chi connectivity index (χ0v) is 15.3. The third-order valence-corrected chi connectivity index (χ3v) is 5.17. The van der Waals surface area contributed by atoms with Crippen LogP contribution in [0.1, 0.15) is 30.1 Å². The first-order chi connectivity index (χ1) is 13.2. The van der Waals surface area contributed by atoms with Crippen LogP contribution in [-0.4, -0.2) is 35.8 Å². The van der Waals surface area contributed by atoms with Crippen molar-refractivity contribution in [1.82, 2.24) is 20.6 Å². The maximum Gasteiger partial charge on any atom is 0.259 e. The Hall–Kier alpha value is -2.99. The van der Waals surface area contributed by atoms with E-state index in [4.69, 9.17) is 10.4 Å². The summed E-state index contributed by atoms with van der Waals surface area (Å²) in [5, 5.41) is 14.9. The average molecular weight is 361 g/mol. The summed E-state index contributed by atoms with van der Waals surface area (Å²) < 4.78 is 0. The number of rotatable bonds is 3. The molecule has 0 amide bonds. The van der Waals surface area contributed by atoms with Crippen LogP contribution in [0, 0.1) is 5.41 Å². The highest BCUT2D eigenvalue weighted by molar-refractivity contribution is 6.12. The minimum absolute atomic E-state index is 0.138. The molecule has 1 aliphatic heterocycles. The number of fused-ring (bicyclic) bond motifs is 1. The predicted molar refractivity (Wildman–Crippen MR) is 109 cm³/mol. The number of nitrogens with zero attached hydrogens (tertiary/aromatic N) is 1. The highest BCUT2D eigenvalue weighted by atomic mass is 16.1. The lowest BCUT2D eigenvalue weighted by Gasteiger charge is -2.23. The van der Waals surface area contributed by atoms with Crippen molar-refractivity contribution in [3.63, 3.8) is 0 Å². The van der Waals surface area contributed by atoms with Crippen LogP contribution in [0.5, 0.6) is 0 Å². The molecule has 1 aromatic heterocycles. The fourth-order valence-electron chi connectivity index (χ4n) is 3.69. The molecule has 0 saturated carbocycles. The van der Waals surface area contributed by atoms with Gasteiger partial charge in [-0.2, -0.15) is 0 Å². The van der Waals surface area contributed by atoms with Gasteiger partial charge in [0, 0.05) is 24.4 Å². The van der Waals surface area contributed by atoms with Gasteiger partial charge in [0.15, 0.2) is 0 Å². The van der Waals surface area contributed by atoms with Crippen LogP contribution in [0.4, 0.5) is 0 Å². The molecule has 4 N–H and O–H groups in total. The summed E-state index contributed by atoms with van der Waals surface area (Å²) >= 11 is 0. The molecule has 1 saturated heterocycles. The van der Waals surface area contributed by atoms with Crippen molar-refractivity contribution >= 4 is 22.2 Å². The summed E-state index contributed by atoms with van der Waals surface area (Å²) in [6, 6.07) is 6.00. The van der Waals surface area contributed by atoms with Gasteiger partial charge in [-0.25, -0.2) is 4.98 Å². The van der Waals surface area contributed by atoms with Crippen molar-refractivity contribution < 1.29 is 0 Å². The second kappa shape index (κ2) is 7.32. The van der Waals surface area contributed by atoms with Crippen LogP contribution >= 0.6 is 0 Å². The molecule has 0 spiro atoms. The SMILES string of the molecule is CN/C=C1/C=C(c2nc3cc(C4CCNCC4)ccc3c(=O)[nH]2)C=CC1=N. The Morgan fingerprint density at radius 2 is 2.07 bits per heavy atom. The Kier molecular flexibility index (Phi) is 4.73. The van der Waals surface area contributed by atoms with Gasteiger partial charge < -0.3 is 21.0 Å². The zero-order valence-electron chi connectivity index (χ0n) is 15.3. The van der Waals surface area contributed by atoms with E-state index in [0.29, 0.717) is 22.8 Å². The lowest BCUT2D eigenvalue weighted by atomic mass is 9.90. The Balaban J connectivity index is 1.77. The largest absolute Gasteiger partial charge is 0.393 e. The first-order valence-corrected chi connectivity index (χ1v) is 9.27. The molecule has 2 aliphatic rings. The molecule has 0 bridgehead atoms. The lowest BCUT2D eigenvalue weighted by molar-refractivity contribution is 0.460. The molecule has 0 radical (unpaired) electrons. The van der Waals surface area contributed by atoms with Gasteiger partial charge >= 0.3 is 0 Å². The van der Waals surface area contributed by atoms with Crippen LogP contribution in [0.2, 0.25) is 0 Å². The fourth-order valence-corrected chi connectivity index (χ4v) is 3.69. The number of benzene rings is 1. The van der Waals surface area contributed by atoms with E-state index in [9.17, 15) is 4.79 Å². The molecule has 1 aromatic carbocycles. The highest BCUT2D eigenvalue weighted by Gasteiger charge is 2.17. The normalized spacial score (nSPS) is 19.5. The Bertz CT molecular complexity index is 1040. The van der Waals surface area contributed by atoms with E-state index in [-0.39, 0.29) is 5.56 Å². The molecular formula is C21H23N5O. The molecule has 138 valence electrons. The minimum atomic E-state index is -0.138. The number of allylic oxidation sites excluding steroid dienone is 5. The number of hydrogen-bond acceptors (Lipinski definition) is 5. The molecule has 2 heterocycles. The monoisotopic (exact) mass is 361 g/mol. The summed E-state index contributed by atoms with van der Waals surface area (Å²) in [5.41, 5.74) is 3.79. The first kappa shape index (κ1) is 17.4.